The van der Waals surface area contributed by atoms with E-state index in [1.165, 1.54) is 12.1 Å². The van der Waals surface area contributed by atoms with Crippen LogP contribution in [0.2, 0.25) is 0 Å². The average Bonchev–Trinajstić information content (AvgIpc) is 2.43. The minimum Gasteiger partial charge on any atom is -0.478 e. The topological polar surface area (TPSA) is 83.8 Å². The summed E-state index contributed by atoms with van der Waals surface area (Å²) in [5, 5.41) is 17.8. The highest BCUT2D eigenvalue weighted by molar-refractivity contribution is 6.02. The Morgan fingerprint density at radius 3 is 2.42 bits per heavy atom. The van der Waals surface area contributed by atoms with Crippen molar-refractivity contribution in [3.8, 4) is 0 Å². The molecule has 1 atom stereocenters. The van der Waals surface area contributed by atoms with Gasteiger partial charge in [-0.3, -0.25) is 0 Å². The van der Waals surface area contributed by atoms with E-state index >= 15 is 0 Å². The van der Waals surface area contributed by atoms with E-state index in [1.807, 2.05) is 6.92 Å². The minimum atomic E-state index is -1.16. The van der Waals surface area contributed by atoms with Crippen molar-refractivity contribution in [2.45, 2.75) is 32.3 Å². The highest BCUT2D eigenvalue weighted by Gasteiger charge is 2.19. The molecule has 1 aromatic rings. The number of aliphatic hydroxyl groups is 1. The highest BCUT2D eigenvalue weighted by Crippen LogP contribution is 2.14. The van der Waals surface area contributed by atoms with Crippen LogP contribution in [0.25, 0.3) is 0 Å². The summed E-state index contributed by atoms with van der Waals surface area (Å²) in [5.41, 5.74) is -0.0121. The maximum atomic E-state index is 12.0. The number of carboxylic acids is 1. The molecule has 0 heterocycles. The SMILES string of the molecule is CCC(CCCO)OC(=O)c1ccccc1C(=O)O. The molecule has 5 nitrogen and oxygen atoms in total. The van der Waals surface area contributed by atoms with Crippen LogP contribution in [-0.2, 0) is 4.74 Å². The second-order valence-electron chi connectivity index (χ2n) is 4.15. The molecule has 1 unspecified atom stereocenters. The number of aliphatic hydroxyl groups excluding tert-OH is 1. The van der Waals surface area contributed by atoms with Gasteiger partial charge in [-0.2, -0.15) is 0 Å². The van der Waals surface area contributed by atoms with Crippen molar-refractivity contribution in [3.63, 3.8) is 0 Å². The van der Waals surface area contributed by atoms with Gasteiger partial charge in [-0.15, -0.1) is 0 Å². The number of aromatic carboxylic acids is 1. The number of ether oxygens (including phenoxy) is 1. The van der Waals surface area contributed by atoms with Gasteiger partial charge < -0.3 is 14.9 Å². The summed E-state index contributed by atoms with van der Waals surface area (Å²) in [6.07, 6.45) is 1.43. The van der Waals surface area contributed by atoms with E-state index in [-0.39, 0.29) is 23.8 Å². The zero-order chi connectivity index (χ0) is 14.3. The highest BCUT2D eigenvalue weighted by atomic mass is 16.5. The largest absolute Gasteiger partial charge is 0.478 e. The first-order chi connectivity index (χ1) is 9.10. The quantitative estimate of drug-likeness (QED) is 0.738. The summed E-state index contributed by atoms with van der Waals surface area (Å²) in [4.78, 5) is 23.0. The van der Waals surface area contributed by atoms with Crippen molar-refractivity contribution in [3.05, 3.63) is 35.4 Å². The Morgan fingerprint density at radius 1 is 1.26 bits per heavy atom. The smallest absolute Gasteiger partial charge is 0.339 e. The number of rotatable bonds is 7. The van der Waals surface area contributed by atoms with E-state index in [9.17, 15) is 9.59 Å². The molecule has 0 aromatic heterocycles. The van der Waals surface area contributed by atoms with Crippen molar-refractivity contribution in [1.82, 2.24) is 0 Å². The molecule has 1 aromatic carbocycles. The number of carboxylic acid groups (broad SMARTS) is 1. The van der Waals surface area contributed by atoms with Gasteiger partial charge in [-0.25, -0.2) is 9.59 Å². The van der Waals surface area contributed by atoms with Crippen molar-refractivity contribution in [2.75, 3.05) is 6.61 Å². The lowest BCUT2D eigenvalue weighted by molar-refractivity contribution is 0.0252. The molecule has 0 amide bonds. The number of hydrogen-bond acceptors (Lipinski definition) is 4. The molecule has 0 saturated heterocycles. The van der Waals surface area contributed by atoms with Crippen molar-refractivity contribution >= 4 is 11.9 Å². The first-order valence-electron chi connectivity index (χ1n) is 6.24. The fourth-order valence-electron chi connectivity index (χ4n) is 1.73. The summed E-state index contributed by atoms with van der Waals surface area (Å²) in [6, 6.07) is 5.96. The molecule has 104 valence electrons. The van der Waals surface area contributed by atoms with Crippen LogP contribution in [0.15, 0.2) is 24.3 Å². The van der Waals surface area contributed by atoms with E-state index < -0.39 is 11.9 Å². The number of carbonyl (C=O) groups is 2. The van der Waals surface area contributed by atoms with Gasteiger partial charge in [0.1, 0.15) is 6.10 Å². The number of esters is 1. The summed E-state index contributed by atoms with van der Waals surface area (Å²) >= 11 is 0. The van der Waals surface area contributed by atoms with E-state index in [2.05, 4.69) is 0 Å². The lowest BCUT2D eigenvalue weighted by Gasteiger charge is -2.16. The molecule has 5 heteroatoms. The Hall–Kier alpha value is -1.88. The van der Waals surface area contributed by atoms with Gasteiger partial charge in [0, 0.05) is 6.61 Å². The van der Waals surface area contributed by atoms with Gasteiger partial charge in [0.15, 0.2) is 0 Å². The van der Waals surface area contributed by atoms with E-state index in [0.717, 1.165) is 0 Å². The van der Waals surface area contributed by atoms with E-state index in [1.54, 1.807) is 12.1 Å². The van der Waals surface area contributed by atoms with Gasteiger partial charge in [0.05, 0.1) is 11.1 Å². The maximum absolute atomic E-state index is 12.0. The molecule has 0 bridgehead atoms. The standard InChI is InChI=1S/C14H18O5/c1-2-10(6-5-9-15)19-14(18)12-8-4-3-7-11(12)13(16)17/h3-4,7-8,10,15H,2,5-6,9H2,1H3,(H,16,17). The second-order valence-corrected chi connectivity index (χ2v) is 4.15. The Bertz CT molecular complexity index is 441. The molecule has 0 aliphatic rings. The molecule has 2 N–H and O–H groups in total. The van der Waals surface area contributed by atoms with Crippen LogP contribution in [-0.4, -0.2) is 34.9 Å². The molecule has 0 spiro atoms. The van der Waals surface area contributed by atoms with Crippen LogP contribution in [0.3, 0.4) is 0 Å². The zero-order valence-corrected chi connectivity index (χ0v) is 10.8. The van der Waals surface area contributed by atoms with Crippen LogP contribution >= 0.6 is 0 Å². The molecule has 1 rings (SSSR count). The van der Waals surface area contributed by atoms with E-state index in [0.29, 0.717) is 19.3 Å². The third-order valence-electron chi connectivity index (χ3n) is 2.79. The van der Waals surface area contributed by atoms with Crippen LogP contribution in [0.4, 0.5) is 0 Å². The summed E-state index contributed by atoms with van der Waals surface area (Å²) < 4.78 is 5.27. The molecule has 0 aliphatic heterocycles. The normalized spacial score (nSPS) is 11.9. The lowest BCUT2D eigenvalue weighted by atomic mass is 10.1. The Kier molecular flexibility index (Phi) is 6.02. The monoisotopic (exact) mass is 266 g/mol. The Labute approximate surface area is 111 Å². The third-order valence-corrected chi connectivity index (χ3v) is 2.79. The van der Waals surface area contributed by atoms with Crippen molar-refractivity contribution in [1.29, 1.82) is 0 Å². The predicted octanol–water partition coefficient (Wildman–Crippen LogP) is 2.09. The van der Waals surface area contributed by atoms with Gasteiger partial charge in [0.25, 0.3) is 0 Å². The molecule has 19 heavy (non-hydrogen) atoms. The molecule has 0 aliphatic carbocycles. The first-order valence-corrected chi connectivity index (χ1v) is 6.24. The maximum Gasteiger partial charge on any atom is 0.339 e. The molecular weight excluding hydrogens is 248 g/mol. The molecular formula is C14H18O5. The predicted molar refractivity (Wildman–Crippen MR) is 69.2 cm³/mol. The van der Waals surface area contributed by atoms with Crippen LogP contribution in [0.5, 0.6) is 0 Å². The van der Waals surface area contributed by atoms with Crippen molar-refractivity contribution < 1.29 is 24.5 Å². The van der Waals surface area contributed by atoms with Gasteiger partial charge in [0.2, 0.25) is 0 Å². The Morgan fingerprint density at radius 2 is 1.89 bits per heavy atom. The van der Waals surface area contributed by atoms with Gasteiger partial charge >= 0.3 is 11.9 Å². The number of carbonyl (C=O) groups excluding carboxylic acids is 1. The third kappa shape index (κ3) is 4.37. The minimum absolute atomic E-state index is 0.0414. The molecule has 0 fully saturated rings. The Balaban J connectivity index is 2.80. The lowest BCUT2D eigenvalue weighted by Crippen LogP contribution is -2.20. The zero-order valence-electron chi connectivity index (χ0n) is 10.8. The fraction of sp³-hybridized carbons (Fsp3) is 0.429. The second kappa shape index (κ2) is 7.53. The molecule has 0 saturated carbocycles. The van der Waals surface area contributed by atoms with E-state index in [4.69, 9.17) is 14.9 Å². The van der Waals surface area contributed by atoms with Crippen LogP contribution < -0.4 is 0 Å². The average molecular weight is 266 g/mol. The number of hydrogen-bond donors (Lipinski definition) is 2. The van der Waals surface area contributed by atoms with Gasteiger partial charge in [-0.05, 0) is 31.4 Å². The summed E-state index contributed by atoms with van der Waals surface area (Å²) in [6.45, 7) is 1.91. The number of benzene rings is 1. The van der Waals surface area contributed by atoms with Crippen LogP contribution in [0, 0.1) is 0 Å². The fourth-order valence-corrected chi connectivity index (χ4v) is 1.73. The summed E-state index contributed by atoms with van der Waals surface area (Å²) in [5.74, 6) is -1.79. The van der Waals surface area contributed by atoms with Gasteiger partial charge in [-0.1, -0.05) is 19.1 Å². The van der Waals surface area contributed by atoms with Crippen LogP contribution in [0.1, 0.15) is 46.9 Å². The van der Waals surface area contributed by atoms with Crippen molar-refractivity contribution in [2.24, 2.45) is 0 Å². The summed E-state index contributed by atoms with van der Waals surface area (Å²) in [7, 11) is 0. The molecule has 0 radical (unpaired) electrons. The first kappa shape index (κ1) is 15.2.